The first-order valence-corrected chi connectivity index (χ1v) is 28.7. The van der Waals surface area contributed by atoms with Crippen LogP contribution in [0.1, 0.15) is 55.4 Å². The Morgan fingerprint density at radius 2 is 0.293 bits per heavy atom. The molecule has 8 aliphatic rings. The lowest BCUT2D eigenvalue weighted by Crippen LogP contribution is -2.63. The minimum atomic E-state index is -1.52. The highest BCUT2D eigenvalue weighted by Crippen LogP contribution is 2.34. The van der Waals surface area contributed by atoms with E-state index >= 15 is 0 Å². The lowest BCUT2D eigenvalue weighted by Gasteiger charge is -2.45. The summed E-state index contributed by atoms with van der Waals surface area (Å²) in [5.41, 5.74) is 0. The summed E-state index contributed by atoms with van der Waals surface area (Å²) in [5, 5.41) is 197. The number of rotatable bonds is 12. The van der Waals surface area contributed by atoms with Gasteiger partial charge in [0.15, 0.2) is 50.3 Å². The first kappa shape index (κ1) is 88.4. The minimum absolute atomic E-state index is 0. The van der Waals surface area contributed by atoms with Crippen molar-refractivity contribution < 1.29 is 200 Å². The Bertz CT molecular complexity index is 1740. The van der Waals surface area contributed by atoms with Gasteiger partial charge < -0.3 is 200 Å². The van der Waals surface area contributed by atoms with Gasteiger partial charge in [0.25, 0.3) is 0 Å². The van der Waals surface area contributed by atoms with Crippen LogP contribution in [0.15, 0.2) is 0 Å². The van der Waals surface area contributed by atoms with Crippen molar-refractivity contribution in [2.24, 2.45) is 0 Å². The van der Waals surface area contributed by atoms with Crippen LogP contribution in [0.25, 0.3) is 0 Å². The van der Waals surface area contributed by atoms with Gasteiger partial charge in [-0.2, -0.15) is 0 Å². The average Bonchev–Trinajstić information content (AvgIpc) is 1.43. The smallest absolute Gasteiger partial charge is 0.187 e. The van der Waals surface area contributed by atoms with Gasteiger partial charge in [0.05, 0.1) is 48.8 Å². The van der Waals surface area contributed by atoms with E-state index in [4.69, 9.17) is 75.8 Å². The molecule has 40 nitrogen and oxygen atoms in total. The predicted molar refractivity (Wildman–Crippen MR) is 297 cm³/mol. The van der Waals surface area contributed by atoms with E-state index < -0.39 is 246 Å². The van der Waals surface area contributed by atoms with Crippen molar-refractivity contribution in [3.8, 4) is 0 Å². The molecule has 0 spiro atoms. The summed E-state index contributed by atoms with van der Waals surface area (Å²) in [4.78, 5) is 0. The highest BCUT2D eigenvalue weighted by Gasteiger charge is 2.54. The molecule has 0 radical (unpaired) electrons. The van der Waals surface area contributed by atoms with E-state index in [-0.39, 0.29) is 21.9 Å². The van der Waals surface area contributed by atoms with Crippen molar-refractivity contribution in [2.45, 2.75) is 301 Å². The van der Waals surface area contributed by atoms with Gasteiger partial charge in [-0.05, 0) is 55.4 Å². The van der Waals surface area contributed by atoms with E-state index in [9.17, 15) is 102 Å². The van der Waals surface area contributed by atoms with Crippen LogP contribution in [0.3, 0.4) is 0 Å². The zero-order chi connectivity index (χ0) is 66.4. The van der Waals surface area contributed by atoms with Crippen LogP contribution in [-0.2, 0) is 75.8 Å². The molecule has 40 atom stereocenters. The lowest BCUT2D eigenvalue weighted by atomic mass is 9.98. The molecular weight excluding hydrogens is 1260 g/mol. The third kappa shape index (κ3) is 20.3. The van der Waals surface area contributed by atoms with Crippen LogP contribution in [0, 0.1) is 0 Å². The van der Waals surface area contributed by atoms with Gasteiger partial charge >= 0.3 is 0 Å². The molecule has 92 heavy (non-hydrogen) atoms. The molecule has 0 saturated carbocycles. The fourth-order valence-corrected chi connectivity index (χ4v) is 10.5. The Labute approximate surface area is 528 Å². The van der Waals surface area contributed by atoms with Gasteiger partial charge in [-0.1, -0.05) is 0 Å². The fourth-order valence-electron chi connectivity index (χ4n) is 10.5. The van der Waals surface area contributed by atoms with Gasteiger partial charge in [-0.3, -0.25) is 0 Å². The number of ether oxygens (including phenoxy) is 16. The topological polar surface area (TPSA) is 678 Å². The second-order valence-corrected chi connectivity index (χ2v) is 22.8. The molecule has 0 aromatic rings. The molecule has 552 valence electrons. The summed E-state index contributed by atoms with van der Waals surface area (Å²) < 4.78 is 84.9. The van der Waals surface area contributed by atoms with Crippen LogP contribution in [0.5, 0.6) is 0 Å². The molecule has 28 N–H and O–H groups in total. The molecule has 8 rings (SSSR count). The Kier molecular flexibility index (Phi) is 37.2. The number of hydrogen-bond donors (Lipinski definition) is 20. The number of methoxy groups -OCH3 is 4. The lowest BCUT2D eigenvalue weighted by molar-refractivity contribution is -0.359. The third-order valence-corrected chi connectivity index (χ3v) is 16.5. The quantitative estimate of drug-likeness (QED) is 0.0863. The first-order valence-electron chi connectivity index (χ1n) is 28.7. The van der Waals surface area contributed by atoms with E-state index in [2.05, 4.69) is 0 Å². The van der Waals surface area contributed by atoms with Crippen molar-refractivity contribution >= 4 is 0 Å². The van der Waals surface area contributed by atoms with Crippen LogP contribution >= 0.6 is 0 Å². The molecule has 0 amide bonds. The maximum atomic E-state index is 10.1. The van der Waals surface area contributed by atoms with Crippen LogP contribution in [0.4, 0.5) is 0 Å². The van der Waals surface area contributed by atoms with Crippen molar-refractivity contribution in [1.82, 2.24) is 0 Å². The zero-order valence-electron chi connectivity index (χ0n) is 52.6. The standard InChI is InChI=1S/4C13H24O9.4H2O/c4*1-4-6(14)8(16)10(18)12(20-4)22-11-9(17)7(15)5(2)21-13(11)19-3;;;;/h4*4-18H,1-3H3;4*1H2/t4*4-,5-,6-,7-,8+,9+,10+,11+,12-,13+;;;;/m0000..../s1. The normalized spacial score (nSPS) is 51.1. The van der Waals surface area contributed by atoms with Gasteiger partial charge in [0, 0.05) is 28.4 Å². The van der Waals surface area contributed by atoms with Crippen LogP contribution < -0.4 is 0 Å². The highest BCUT2D eigenvalue weighted by molar-refractivity contribution is 4.97. The molecule has 8 heterocycles. The minimum Gasteiger partial charge on any atom is -0.412 e. The van der Waals surface area contributed by atoms with Gasteiger partial charge in [0.1, 0.15) is 146 Å². The second-order valence-electron chi connectivity index (χ2n) is 22.8. The van der Waals surface area contributed by atoms with Crippen LogP contribution in [-0.4, -0.2) is 398 Å². The van der Waals surface area contributed by atoms with Crippen molar-refractivity contribution in [2.75, 3.05) is 28.4 Å². The number of aliphatic hydroxyl groups excluding tert-OH is 20. The van der Waals surface area contributed by atoms with Crippen molar-refractivity contribution in [1.29, 1.82) is 0 Å². The zero-order valence-corrected chi connectivity index (χ0v) is 52.6. The van der Waals surface area contributed by atoms with Gasteiger partial charge in [-0.25, -0.2) is 0 Å². The van der Waals surface area contributed by atoms with Crippen LogP contribution in [0.2, 0.25) is 0 Å². The van der Waals surface area contributed by atoms with Crippen molar-refractivity contribution in [3.63, 3.8) is 0 Å². The van der Waals surface area contributed by atoms with E-state index in [1.165, 1.54) is 56.1 Å². The monoisotopic (exact) mass is 1370 g/mol. The van der Waals surface area contributed by atoms with Gasteiger partial charge in [0.2, 0.25) is 0 Å². The van der Waals surface area contributed by atoms with Gasteiger partial charge in [-0.15, -0.1) is 0 Å². The molecule has 8 aliphatic heterocycles. The summed E-state index contributed by atoms with van der Waals surface area (Å²) in [6.45, 7) is 12.3. The molecule has 8 fully saturated rings. The Hall–Kier alpha value is -1.60. The number of hydrogen-bond acceptors (Lipinski definition) is 36. The summed E-state index contributed by atoms with van der Waals surface area (Å²) >= 11 is 0. The fraction of sp³-hybridized carbons (Fsp3) is 1.00. The molecular formula is C52H104O40. The predicted octanol–water partition coefficient (Wildman–Crippen LogP) is -14.1. The number of aliphatic hydroxyl groups is 20. The van der Waals surface area contributed by atoms with E-state index in [0.29, 0.717) is 0 Å². The largest absolute Gasteiger partial charge is 0.412 e. The van der Waals surface area contributed by atoms with E-state index in [1.807, 2.05) is 0 Å². The Balaban J connectivity index is 0.000000605. The average molecular weight is 1370 g/mol. The van der Waals surface area contributed by atoms with E-state index in [0.717, 1.165) is 0 Å². The molecule has 8 saturated heterocycles. The Morgan fingerprint density at radius 3 is 0.424 bits per heavy atom. The van der Waals surface area contributed by atoms with Crippen molar-refractivity contribution in [3.05, 3.63) is 0 Å². The maximum Gasteiger partial charge on any atom is 0.187 e. The SMILES string of the molecule is CO[C@@H]1O[C@@H](C)[C@H](O)[C@@H](O)[C@H]1O[C@@H]1O[C@@H](C)[C@H](O)[C@@H](O)[C@H]1O.CO[C@@H]1O[C@@H](C)[C@H](O)[C@@H](O)[C@H]1O[C@@H]1O[C@@H](C)[C@H](O)[C@@H](O)[C@H]1O.CO[C@@H]1O[C@@H](C)[C@H](O)[C@@H](O)[C@H]1O[C@@H]1O[C@@H](C)[C@H](O)[C@@H](O)[C@H]1O.CO[C@@H]1O[C@@H](C)[C@H](O)[C@@H](O)[C@H]1O[C@@H]1O[C@@H](C)[C@H](O)[C@@H](O)[C@H]1O.O.O.O.O. The maximum absolute atomic E-state index is 10.1. The summed E-state index contributed by atoms with van der Waals surface area (Å²) in [7, 11) is 5.38. The molecule has 0 unspecified atom stereocenters. The summed E-state index contributed by atoms with van der Waals surface area (Å²) in [6, 6.07) is 0. The highest BCUT2D eigenvalue weighted by atomic mass is 16.8. The molecule has 40 heteroatoms. The molecule has 0 bridgehead atoms. The summed E-state index contributed by atoms with van der Waals surface area (Å²) in [5.74, 6) is 0. The van der Waals surface area contributed by atoms with E-state index in [1.54, 1.807) is 27.7 Å². The Morgan fingerprint density at radius 1 is 0.174 bits per heavy atom. The second kappa shape index (κ2) is 38.7. The molecule has 0 aromatic heterocycles. The summed E-state index contributed by atoms with van der Waals surface area (Å²) in [6.07, 6.45) is -46.6. The third-order valence-electron chi connectivity index (χ3n) is 16.5. The first-order chi connectivity index (χ1) is 41.1. The molecule has 0 aliphatic carbocycles. The molecule has 0 aromatic carbocycles.